The van der Waals surface area contributed by atoms with Gasteiger partial charge in [-0.05, 0) is 55.0 Å². The van der Waals surface area contributed by atoms with E-state index in [1.807, 2.05) is 0 Å². The minimum absolute atomic E-state index is 0.326. The summed E-state index contributed by atoms with van der Waals surface area (Å²) in [6, 6.07) is 11.5. The van der Waals surface area contributed by atoms with Crippen molar-refractivity contribution < 1.29 is 9.18 Å². The molecular formula is C19H17FN4O2. The van der Waals surface area contributed by atoms with Crippen LogP contribution in [0.4, 0.5) is 4.39 Å². The van der Waals surface area contributed by atoms with E-state index >= 15 is 0 Å². The normalized spacial score (nSPS) is 11.8. The highest BCUT2D eigenvalue weighted by Crippen LogP contribution is 2.16. The second-order valence-electron chi connectivity index (χ2n) is 5.76. The molecule has 1 N–H and O–H groups in total. The first-order valence-electron chi connectivity index (χ1n) is 8.07. The second kappa shape index (κ2) is 7.69. The van der Waals surface area contributed by atoms with Gasteiger partial charge in [-0.2, -0.15) is 5.10 Å². The average Bonchev–Trinajstić information content (AvgIpc) is 2.67. The van der Waals surface area contributed by atoms with Crippen LogP contribution in [0, 0.1) is 5.82 Å². The van der Waals surface area contributed by atoms with Gasteiger partial charge < -0.3 is 5.32 Å². The van der Waals surface area contributed by atoms with Crippen LogP contribution in [-0.4, -0.2) is 20.7 Å². The van der Waals surface area contributed by atoms with Crippen LogP contribution >= 0.6 is 0 Å². The number of rotatable bonds is 5. The zero-order chi connectivity index (χ0) is 18.5. The van der Waals surface area contributed by atoms with Crippen LogP contribution in [-0.2, 0) is 11.3 Å². The summed E-state index contributed by atoms with van der Waals surface area (Å²) in [5.74, 6) is -0.682. The first-order valence-corrected chi connectivity index (χ1v) is 8.07. The number of hydrogen-bond acceptors (Lipinski definition) is 4. The van der Waals surface area contributed by atoms with E-state index in [1.165, 1.54) is 18.2 Å². The van der Waals surface area contributed by atoms with E-state index < -0.39 is 6.04 Å². The number of hydrogen-bond donors (Lipinski definition) is 1. The van der Waals surface area contributed by atoms with Crippen LogP contribution in [0.15, 0.2) is 65.7 Å². The molecule has 0 aliphatic rings. The van der Waals surface area contributed by atoms with Gasteiger partial charge >= 0.3 is 0 Å². The van der Waals surface area contributed by atoms with Gasteiger partial charge in [-0.3, -0.25) is 14.6 Å². The lowest BCUT2D eigenvalue weighted by Gasteiger charge is -2.15. The van der Waals surface area contributed by atoms with E-state index in [9.17, 15) is 14.0 Å². The smallest absolute Gasteiger partial charge is 0.267 e. The van der Waals surface area contributed by atoms with Crippen molar-refractivity contribution in [3.63, 3.8) is 0 Å². The molecule has 1 amide bonds. The van der Waals surface area contributed by atoms with Crippen LogP contribution in [0.2, 0.25) is 0 Å². The summed E-state index contributed by atoms with van der Waals surface area (Å²) in [6.45, 7) is 1.93. The van der Waals surface area contributed by atoms with Crippen LogP contribution < -0.4 is 10.9 Å². The lowest BCUT2D eigenvalue weighted by Crippen LogP contribution is -2.36. The topological polar surface area (TPSA) is 76.9 Å². The Morgan fingerprint density at radius 3 is 2.50 bits per heavy atom. The molecule has 0 saturated carbocycles. The number of nitrogens with zero attached hydrogens (tertiary/aromatic N) is 3. The van der Waals surface area contributed by atoms with Crippen molar-refractivity contribution in [1.29, 1.82) is 0 Å². The number of carbonyl (C=O) groups excluding carboxylic acids is 1. The zero-order valence-corrected chi connectivity index (χ0v) is 14.1. The Balaban J connectivity index is 1.78. The summed E-state index contributed by atoms with van der Waals surface area (Å²) in [7, 11) is 0. The SMILES string of the molecule is CC(C(=O)NCc1ccncc1)n1nc(-c2ccc(F)cc2)ccc1=O. The van der Waals surface area contributed by atoms with Crippen molar-refractivity contribution in [2.24, 2.45) is 0 Å². The summed E-state index contributed by atoms with van der Waals surface area (Å²) in [6.07, 6.45) is 3.28. The molecule has 132 valence electrons. The predicted molar refractivity (Wildman–Crippen MR) is 94.7 cm³/mol. The van der Waals surface area contributed by atoms with Gasteiger partial charge in [0.25, 0.3) is 5.56 Å². The quantitative estimate of drug-likeness (QED) is 0.764. The standard InChI is InChI=1S/C19H17FN4O2/c1-13(19(26)22-12-14-8-10-21-11-9-14)24-18(25)7-6-17(23-24)15-2-4-16(20)5-3-15/h2-11,13H,12H2,1H3,(H,22,26). The first kappa shape index (κ1) is 17.5. The van der Waals surface area contributed by atoms with Crippen LogP contribution in [0.3, 0.4) is 0 Å². The molecule has 0 aliphatic heterocycles. The van der Waals surface area contributed by atoms with E-state index in [0.29, 0.717) is 17.8 Å². The number of pyridine rings is 1. The molecule has 0 fully saturated rings. The number of carbonyl (C=O) groups is 1. The third-order valence-corrected chi connectivity index (χ3v) is 3.93. The summed E-state index contributed by atoms with van der Waals surface area (Å²) in [5, 5.41) is 7.03. The molecular weight excluding hydrogens is 335 g/mol. The highest BCUT2D eigenvalue weighted by molar-refractivity contribution is 5.79. The molecule has 0 radical (unpaired) electrons. The van der Waals surface area contributed by atoms with Crippen molar-refractivity contribution in [1.82, 2.24) is 20.1 Å². The largest absolute Gasteiger partial charge is 0.350 e. The molecule has 0 aliphatic carbocycles. The Morgan fingerprint density at radius 2 is 1.81 bits per heavy atom. The summed E-state index contributed by atoms with van der Waals surface area (Å²) in [5.41, 5.74) is 1.66. The molecule has 3 aromatic rings. The highest BCUT2D eigenvalue weighted by Gasteiger charge is 2.17. The lowest BCUT2D eigenvalue weighted by atomic mass is 10.1. The Morgan fingerprint density at radius 1 is 1.12 bits per heavy atom. The van der Waals surface area contributed by atoms with E-state index in [4.69, 9.17) is 0 Å². The summed E-state index contributed by atoms with van der Waals surface area (Å²) < 4.78 is 14.2. The van der Waals surface area contributed by atoms with Gasteiger partial charge in [0.05, 0.1) is 5.69 Å². The third kappa shape index (κ3) is 4.00. The third-order valence-electron chi connectivity index (χ3n) is 3.93. The van der Waals surface area contributed by atoms with Crippen molar-refractivity contribution in [3.8, 4) is 11.3 Å². The van der Waals surface area contributed by atoms with Gasteiger partial charge in [-0.15, -0.1) is 0 Å². The predicted octanol–water partition coefficient (Wildman–Crippen LogP) is 2.32. The molecule has 0 spiro atoms. The minimum atomic E-state index is -0.787. The molecule has 2 heterocycles. The van der Waals surface area contributed by atoms with Crippen molar-refractivity contribution >= 4 is 5.91 Å². The van der Waals surface area contributed by atoms with Crippen molar-refractivity contribution in [2.75, 3.05) is 0 Å². The van der Waals surface area contributed by atoms with Gasteiger partial charge in [0.1, 0.15) is 11.9 Å². The van der Waals surface area contributed by atoms with E-state index in [-0.39, 0.29) is 17.3 Å². The number of aromatic nitrogens is 3. The zero-order valence-electron chi connectivity index (χ0n) is 14.1. The maximum absolute atomic E-state index is 13.1. The fourth-order valence-corrected chi connectivity index (χ4v) is 2.43. The molecule has 6 nitrogen and oxygen atoms in total. The summed E-state index contributed by atoms with van der Waals surface area (Å²) in [4.78, 5) is 28.4. The molecule has 1 aromatic carbocycles. The highest BCUT2D eigenvalue weighted by atomic mass is 19.1. The number of nitrogens with one attached hydrogen (secondary N) is 1. The van der Waals surface area contributed by atoms with Gasteiger partial charge in [-0.1, -0.05) is 0 Å². The molecule has 26 heavy (non-hydrogen) atoms. The number of halogens is 1. The Labute approximate surface area is 149 Å². The molecule has 0 saturated heterocycles. The monoisotopic (exact) mass is 352 g/mol. The van der Waals surface area contributed by atoms with Gasteiger partial charge in [0.15, 0.2) is 0 Å². The van der Waals surface area contributed by atoms with E-state index in [2.05, 4.69) is 15.4 Å². The maximum Gasteiger partial charge on any atom is 0.267 e. The van der Waals surface area contributed by atoms with Gasteiger partial charge in [-0.25, -0.2) is 9.07 Å². The second-order valence-corrected chi connectivity index (χ2v) is 5.76. The molecule has 1 atom stereocenters. The van der Waals surface area contributed by atoms with Crippen LogP contribution in [0.1, 0.15) is 18.5 Å². The number of amides is 1. The average molecular weight is 352 g/mol. The van der Waals surface area contributed by atoms with Crippen LogP contribution in [0.25, 0.3) is 11.3 Å². The Bertz CT molecular complexity index is 955. The Hall–Kier alpha value is -3.35. The molecule has 3 rings (SSSR count). The minimum Gasteiger partial charge on any atom is -0.350 e. The molecule has 2 aromatic heterocycles. The maximum atomic E-state index is 13.1. The van der Waals surface area contributed by atoms with Crippen LogP contribution in [0.5, 0.6) is 0 Å². The molecule has 0 bridgehead atoms. The van der Waals surface area contributed by atoms with Gasteiger partial charge in [0, 0.05) is 30.6 Å². The van der Waals surface area contributed by atoms with Crippen molar-refractivity contribution in [2.45, 2.75) is 19.5 Å². The number of benzene rings is 1. The van der Waals surface area contributed by atoms with E-state index in [0.717, 1.165) is 10.2 Å². The van der Waals surface area contributed by atoms with Gasteiger partial charge in [0.2, 0.25) is 5.91 Å². The lowest BCUT2D eigenvalue weighted by molar-refractivity contribution is -0.124. The Kier molecular flexibility index (Phi) is 5.17. The fourth-order valence-electron chi connectivity index (χ4n) is 2.43. The molecule has 1 unspecified atom stereocenters. The van der Waals surface area contributed by atoms with Crippen molar-refractivity contribution in [3.05, 3.63) is 82.7 Å². The van der Waals surface area contributed by atoms with E-state index in [1.54, 1.807) is 49.6 Å². The fraction of sp³-hybridized carbons (Fsp3) is 0.158. The first-order chi connectivity index (χ1) is 12.5. The summed E-state index contributed by atoms with van der Waals surface area (Å²) >= 11 is 0. The molecule has 7 heteroatoms.